The third kappa shape index (κ3) is 10.7. The lowest BCUT2D eigenvalue weighted by atomic mass is 9.34. The van der Waals surface area contributed by atoms with Crippen LogP contribution < -0.4 is 16.4 Å². The van der Waals surface area contributed by atoms with E-state index in [1.165, 1.54) is 82.3 Å². The average molecular weight is 1370 g/mol. The summed E-state index contributed by atoms with van der Waals surface area (Å²) in [5.41, 5.74) is 35.8. The fourth-order valence-corrected chi connectivity index (χ4v) is 17.6. The molecule has 0 spiro atoms. The molecule has 107 heavy (non-hydrogen) atoms. The van der Waals surface area contributed by atoms with E-state index in [0.717, 1.165) is 117 Å². The highest BCUT2D eigenvalue weighted by Gasteiger charge is 2.44. The molecule has 20 rings (SSSR count). The Hall–Kier alpha value is -13.0. The maximum absolute atomic E-state index is 6.06. The molecule has 4 nitrogen and oxygen atoms in total. The van der Waals surface area contributed by atoms with Crippen LogP contribution in [0.15, 0.2) is 346 Å². The van der Waals surface area contributed by atoms with Crippen molar-refractivity contribution in [1.29, 1.82) is 0 Å². The van der Waals surface area contributed by atoms with E-state index < -0.39 is 0 Å². The van der Waals surface area contributed by atoms with Gasteiger partial charge in [-0.1, -0.05) is 308 Å². The van der Waals surface area contributed by atoms with Gasteiger partial charge in [-0.3, -0.25) is 0 Å². The van der Waals surface area contributed by atoms with Gasteiger partial charge in [0.1, 0.15) is 0 Å². The predicted molar refractivity (Wildman–Crippen MR) is 453 cm³/mol. The fourth-order valence-electron chi connectivity index (χ4n) is 17.6. The molecule has 2 aliphatic heterocycles. The Morgan fingerprint density at radius 1 is 0.243 bits per heavy atom. The van der Waals surface area contributed by atoms with Gasteiger partial charge in [-0.15, -0.1) is 0 Å². The van der Waals surface area contributed by atoms with Crippen LogP contribution in [0.1, 0.15) is 52.7 Å². The molecule has 15 aromatic carbocycles. The first-order valence-electron chi connectivity index (χ1n) is 37.5. The molecular formula is C102H75BN4. The van der Waals surface area contributed by atoms with Gasteiger partial charge >= 0.3 is 0 Å². The summed E-state index contributed by atoms with van der Waals surface area (Å²) in [4.78, 5) is 12.1. The zero-order valence-corrected chi connectivity index (χ0v) is 60.8. The molecule has 2 aliphatic rings. The van der Waals surface area contributed by atoms with Crippen molar-refractivity contribution in [2.24, 2.45) is 0 Å². The standard InChI is InChI=1S/C102H75BN4/c1-101(2,3)83-47-49-85-98-95(83)93-81(70-43-27-13-28-44-70)57-76(68-39-23-11-24-40-68)59-89(93)106(98)91-61-80(62-92-97(91)103(85)86-50-48-84(102(4,5)6)96-94-82(71-45-29-14-30-46-71)58-77(69-41-25-12-26-42-69)60-90(94)107(92)99(86)96)100-104-87(78-53-72(64-31-15-7-16-32-64)51-73(54-78)65-33-17-8-18-34-65)63-88(105-100)79-55-74(66-35-19-9-20-36-66)52-75(56-79)67-37-21-10-22-38-67/h7-63H,1-6H3. The minimum absolute atomic E-state index is 0.185. The van der Waals surface area contributed by atoms with Gasteiger partial charge in [0.15, 0.2) is 5.82 Å². The van der Waals surface area contributed by atoms with Crippen molar-refractivity contribution in [3.8, 4) is 134 Å². The Kier molecular flexibility index (Phi) is 14.8. The summed E-state index contributed by atoms with van der Waals surface area (Å²) in [6.45, 7) is 14.2. The van der Waals surface area contributed by atoms with Gasteiger partial charge < -0.3 is 9.13 Å². The van der Waals surface area contributed by atoms with Crippen LogP contribution in [0.4, 0.5) is 0 Å². The molecule has 0 fully saturated rings. The van der Waals surface area contributed by atoms with Crippen molar-refractivity contribution in [3.05, 3.63) is 357 Å². The molecule has 0 saturated carbocycles. The van der Waals surface area contributed by atoms with Gasteiger partial charge in [-0.05, 0) is 206 Å². The highest BCUT2D eigenvalue weighted by atomic mass is 15.0. The van der Waals surface area contributed by atoms with E-state index in [1.54, 1.807) is 0 Å². The van der Waals surface area contributed by atoms with E-state index in [2.05, 4.69) is 396 Å². The topological polar surface area (TPSA) is 35.6 Å². The Morgan fingerprint density at radius 3 is 0.822 bits per heavy atom. The molecule has 0 saturated heterocycles. The quantitative estimate of drug-likeness (QED) is 0.121. The Balaban J connectivity index is 0.974. The predicted octanol–water partition coefficient (Wildman–Crippen LogP) is 24.7. The summed E-state index contributed by atoms with van der Waals surface area (Å²) in [6.07, 6.45) is 0. The van der Waals surface area contributed by atoms with Crippen LogP contribution >= 0.6 is 0 Å². The summed E-state index contributed by atoms with van der Waals surface area (Å²) in [7, 11) is 0. The minimum Gasteiger partial charge on any atom is -0.310 e. The van der Waals surface area contributed by atoms with Gasteiger partial charge in [-0.25, -0.2) is 9.97 Å². The van der Waals surface area contributed by atoms with Crippen molar-refractivity contribution < 1.29 is 0 Å². The largest absolute Gasteiger partial charge is 0.310 e. The van der Waals surface area contributed by atoms with Crippen LogP contribution in [-0.2, 0) is 10.8 Å². The van der Waals surface area contributed by atoms with E-state index in [9.17, 15) is 0 Å². The number of aromatic nitrogens is 4. The average Bonchev–Trinajstić information content (AvgIpc) is 1.53. The van der Waals surface area contributed by atoms with E-state index in [1.807, 2.05) is 0 Å². The smallest absolute Gasteiger partial charge is 0.252 e. The number of hydrogen-bond donors (Lipinski definition) is 0. The van der Waals surface area contributed by atoms with E-state index in [0.29, 0.717) is 5.82 Å². The third-order valence-electron chi connectivity index (χ3n) is 22.5. The number of rotatable bonds is 11. The second kappa shape index (κ2) is 24.9. The molecule has 0 amide bonds. The minimum atomic E-state index is -0.247. The molecular weight excluding hydrogens is 1290 g/mol. The monoisotopic (exact) mass is 1370 g/mol. The Labute approximate surface area is 625 Å². The fraction of sp³-hybridized carbons (Fsp3) is 0.0784. The van der Waals surface area contributed by atoms with Gasteiger partial charge in [0.25, 0.3) is 6.71 Å². The zero-order chi connectivity index (χ0) is 71.8. The van der Waals surface area contributed by atoms with Gasteiger partial charge in [-0.2, -0.15) is 0 Å². The highest BCUT2D eigenvalue weighted by Crippen LogP contribution is 2.51. The van der Waals surface area contributed by atoms with Gasteiger partial charge in [0.2, 0.25) is 0 Å². The molecule has 5 heterocycles. The lowest BCUT2D eigenvalue weighted by molar-refractivity contribution is 0.596. The number of nitrogens with zero attached hydrogens (tertiary/aromatic N) is 4. The first kappa shape index (κ1) is 63.7. The molecule has 0 aliphatic carbocycles. The van der Waals surface area contributed by atoms with Gasteiger partial charge in [0.05, 0.1) is 22.4 Å². The molecule has 0 atom stereocenters. The molecule has 3 aromatic heterocycles. The van der Waals surface area contributed by atoms with Crippen molar-refractivity contribution >= 4 is 66.7 Å². The Bertz CT molecular complexity index is 6060. The van der Waals surface area contributed by atoms with Crippen LogP contribution in [0.3, 0.4) is 0 Å². The van der Waals surface area contributed by atoms with Crippen molar-refractivity contribution in [3.63, 3.8) is 0 Å². The van der Waals surface area contributed by atoms with Crippen molar-refractivity contribution in [1.82, 2.24) is 19.1 Å². The maximum Gasteiger partial charge on any atom is 0.252 e. The number of fused-ring (bicyclic) bond motifs is 10. The van der Waals surface area contributed by atoms with Crippen LogP contribution in [0, 0.1) is 0 Å². The van der Waals surface area contributed by atoms with Crippen LogP contribution in [0.25, 0.3) is 178 Å². The van der Waals surface area contributed by atoms with Crippen molar-refractivity contribution in [2.45, 2.75) is 52.4 Å². The van der Waals surface area contributed by atoms with E-state index >= 15 is 0 Å². The molecule has 0 bridgehead atoms. The number of hydrogen-bond acceptors (Lipinski definition) is 2. The van der Waals surface area contributed by atoms with Gasteiger partial charge in [0, 0.05) is 60.6 Å². The maximum atomic E-state index is 6.06. The second-order valence-electron chi connectivity index (χ2n) is 31.2. The SMILES string of the molecule is CC(C)(C)c1ccc2c3c1c1c(-c4ccccc4)cc(-c4ccccc4)cc1n3-c1cc(-c3nc(-c4cc(-c5ccccc5)cc(-c5ccccc5)c4)cc(-c4cc(-c5ccccc5)cc(-c5ccccc5)c4)n3)cc3c1B2c1ccc(C(C)(C)C)c2c4c(-c5ccccc5)cc(-c5ccccc5)cc4n-3c12. The molecule has 18 aromatic rings. The summed E-state index contributed by atoms with van der Waals surface area (Å²) in [5.74, 6) is 0.625. The second-order valence-corrected chi connectivity index (χ2v) is 31.2. The normalized spacial score (nSPS) is 12.4. The van der Waals surface area contributed by atoms with Crippen LogP contribution in [-0.4, -0.2) is 25.8 Å². The lowest BCUT2D eigenvalue weighted by Gasteiger charge is -2.35. The molecule has 5 heteroatoms. The van der Waals surface area contributed by atoms with E-state index in [-0.39, 0.29) is 17.5 Å². The molecule has 0 N–H and O–H groups in total. The van der Waals surface area contributed by atoms with Crippen molar-refractivity contribution in [2.75, 3.05) is 0 Å². The third-order valence-corrected chi connectivity index (χ3v) is 22.5. The Morgan fingerprint density at radius 2 is 0.523 bits per heavy atom. The highest BCUT2D eigenvalue weighted by molar-refractivity contribution is 7.00. The summed E-state index contributed by atoms with van der Waals surface area (Å²) < 4.78 is 5.37. The summed E-state index contributed by atoms with van der Waals surface area (Å²) in [6, 6.07) is 128. The van der Waals surface area contributed by atoms with E-state index in [4.69, 9.17) is 9.97 Å². The first-order chi connectivity index (χ1) is 52.3. The summed E-state index contributed by atoms with van der Waals surface area (Å²) in [5, 5.41) is 5.06. The molecule has 506 valence electrons. The first-order valence-corrected chi connectivity index (χ1v) is 37.5. The van der Waals surface area contributed by atoms with Crippen LogP contribution in [0.2, 0.25) is 0 Å². The number of benzene rings is 15. The van der Waals surface area contributed by atoms with Crippen LogP contribution in [0.5, 0.6) is 0 Å². The summed E-state index contributed by atoms with van der Waals surface area (Å²) >= 11 is 0. The molecule has 0 unspecified atom stereocenters. The lowest BCUT2D eigenvalue weighted by Crippen LogP contribution is -2.59. The zero-order valence-electron chi connectivity index (χ0n) is 60.8. The molecule has 0 radical (unpaired) electrons.